The summed E-state index contributed by atoms with van der Waals surface area (Å²) in [5.41, 5.74) is 0. The van der Waals surface area contributed by atoms with E-state index in [-0.39, 0.29) is 24.9 Å². The number of amides is 2. The van der Waals surface area contributed by atoms with Crippen molar-refractivity contribution in [3.63, 3.8) is 0 Å². The number of carbonyl (C=O) groups is 2. The normalized spacial score (nSPS) is 9.71. The molecule has 0 rings (SSSR count). The average molecular weight is 201 g/mol. The molecule has 0 heterocycles. The van der Waals surface area contributed by atoms with E-state index >= 15 is 0 Å². The van der Waals surface area contributed by atoms with E-state index in [9.17, 15) is 9.59 Å². The Bertz CT molecular complexity index is 204. The van der Waals surface area contributed by atoms with E-state index < -0.39 is 0 Å². The molecule has 0 aliphatic rings. The summed E-state index contributed by atoms with van der Waals surface area (Å²) >= 11 is 0. The zero-order valence-electron chi connectivity index (χ0n) is 9.33. The Balaban J connectivity index is 4.15. The summed E-state index contributed by atoms with van der Waals surface area (Å²) in [6, 6.07) is 0. The molecular weight excluding hydrogens is 182 g/mol. The zero-order chi connectivity index (χ0) is 11.1. The summed E-state index contributed by atoms with van der Waals surface area (Å²) in [6.45, 7) is 2.84. The lowest BCUT2D eigenvalue weighted by atomic mass is 10.4. The lowest BCUT2D eigenvalue weighted by Gasteiger charge is -2.22. The maximum atomic E-state index is 11.4. The van der Waals surface area contributed by atoms with Gasteiger partial charge in [-0.25, -0.2) is 0 Å². The minimum Gasteiger partial charge on any atom is -0.347 e. The van der Waals surface area contributed by atoms with Crippen molar-refractivity contribution in [2.24, 2.45) is 0 Å². The van der Waals surface area contributed by atoms with Gasteiger partial charge in [0.1, 0.15) is 0 Å². The summed E-state index contributed by atoms with van der Waals surface area (Å²) in [4.78, 5) is 25.8. The van der Waals surface area contributed by atoms with Crippen LogP contribution in [0.3, 0.4) is 0 Å². The molecule has 0 atom stereocenters. The molecule has 0 aromatic heterocycles. The summed E-state index contributed by atoms with van der Waals surface area (Å²) in [5.74, 6) is -0.110. The lowest BCUT2D eigenvalue weighted by molar-refractivity contribution is -0.138. The van der Waals surface area contributed by atoms with Crippen LogP contribution in [0.15, 0.2) is 0 Å². The second-order valence-electron chi connectivity index (χ2n) is 3.23. The number of nitrogens with zero attached hydrogens (tertiary/aromatic N) is 2. The SMILES string of the molecule is CCN(CC(=O)N(C)C)C(=O)CNC. The molecule has 0 spiro atoms. The first-order valence-electron chi connectivity index (χ1n) is 4.65. The summed E-state index contributed by atoms with van der Waals surface area (Å²) in [7, 11) is 5.07. The molecule has 14 heavy (non-hydrogen) atoms. The number of carbonyl (C=O) groups excluding carboxylic acids is 2. The smallest absolute Gasteiger partial charge is 0.241 e. The van der Waals surface area contributed by atoms with Gasteiger partial charge >= 0.3 is 0 Å². The van der Waals surface area contributed by atoms with Crippen LogP contribution in [0.1, 0.15) is 6.92 Å². The van der Waals surface area contributed by atoms with Crippen LogP contribution in [0.25, 0.3) is 0 Å². The van der Waals surface area contributed by atoms with Crippen molar-refractivity contribution in [2.45, 2.75) is 6.92 Å². The Morgan fingerprint density at radius 3 is 2.14 bits per heavy atom. The Kier molecular flexibility index (Phi) is 5.87. The highest BCUT2D eigenvalue weighted by molar-refractivity contribution is 5.85. The molecule has 5 nitrogen and oxygen atoms in total. The van der Waals surface area contributed by atoms with Gasteiger partial charge in [0, 0.05) is 20.6 Å². The van der Waals surface area contributed by atoms with E-state index in [4.69, 9.17) is 0 Å². The molecule has 0 aromatic carbocycles. The van der Waals surface area contributed by atoms with Gasteiger partial charge in [0.05, 0.1) is 13.1 Å². The molecule has 1 N–H and O–H groups in total. The van der Waals surface area contributed by atoms with Gasteiger partial charge in [-0.05, 0) is 14.0 Å². The van der Waals surface area contributed by atoms with Crippen molar-refractivity contribution in [1.29, 1.82) is 0 Å². The van der Waals surface area contributed by atoms with E-state index in [1.54, 1.807) is 21.1 Å². The highest BCUT2D eigenvalue weighted by Crippen LogP contribution is 1.91. The zero-order valence-corrected chi connectivity index (χ0v) is 9.33. The highest BCUT2D eigenvalue weighted by Gasteiger charge is 2.15. The number of hydrogen-bond donors (Lipinski definition) is 1. The van der Waals surface area contributed by atoms with Crippen LogP contribution in [0.5, 0.6) is 0 Å². The molecule has 0 aromatic rings. The molecule has 0 aliphatic heterocycles. The van der Waals surface area contributed by atoms with Gasteiger partial charge in [0.15, 0.2) is 0 Å². The van der Waals surface area contributed by atoms with E-state index in [1.165, 1.54) is 9.80 Å². The van der Waals surface area contributed by atoms with Gasteiger partial charge in [-0.1, -0.05) is 0 Å². The van der Waals surface area contributed by atoms with Gasteiger partial charge < -0.3 is 15.1 Å². The summed E-state index contributed by atoms with van der Waals surface area (Å²) in [5, 5.41) is 2.77. The van der Waals surface area contributed by atoms with Crippen LogP contribution in [-0.4, -0.2) is 62.4 Å². The van der Waals surface area contributed by atoms with Gasteiger partial charge in [-0.3, -0.25) is 9.59 Å². The summed E-state index contributed by atoms with van der Waals surface area (Å²) < 4.78 is 0. The predicted octanol–water partition coefficient (Wildman–Crippen LogP) is -0.857. The highest BCUT2D eigenvalue weighted by atomic mass is 16.2. The first-order valence-corrected chi connectivity index (χ1v) is 4.65. The third kappa shape index (κ3) is 4.23. The van der Waals surface area contributed by atoms with Gasteiger partial charge in [-0.2, -0.15) is 0 Å². The molecule has 0 saturated heterocycles. The Hall–Kier alpha value is -1.10. The molecule has 0 radical (unpaired) electrons. The van der Waals surface area contributed by atoms with Crippen LogP contribution in [0.4, 0.5) is 0 Å². The molecule has 0 unspecified atom stereocenters. The molecule has 82 valence electrons. The second-order valence-corrected chi connectivity index (χ2v) is 3.23. The number of nitrogens with one attached hydrogen (secondary N) is 1. The Morgan fingerprint density at radius 1 is 1.21 bits per heavy atom. The summed E-state index contributed by atoms with van der Waals surface area (Å²) in [6.07, 6.45) is 0. The quantitative estimate of drug-likeness (QED) is 0.630. The van der Waals surface area contributed by atoms with Crippen LogP contribution in [-0.2, 0) is 9.59 Å². The lowest BCUT2D eigenvalue weighted by Crippen LogP contribution is -2.43. The second kappa shape index (κ2) is 6.37. The number of likely N-dealkylation sites (N-methyl/N-ethyl adjacent to an activating group) is 3. The standard InChI is InChI=1S/C9H19N3O2/c1-5-12(8(13)6-10-2)7-9(14)11(3)4/h10H,5-7H2,1-4H3. The number of hydrogen-bond acceptors (Lipinski definition) is 3. The van der Waals surface area contributed by atoms with Gasteiger partial charge in [-0.15, -0.1) is 0 Å². The molecule has 2 amide bonds. The van der Waals surface area contributed by atoms with E-state index in [0.717, 1.165) is 0 Å². The van der Waals surface area contributed by atoms with Crippen LogP contribution in [0.2, 0.25) is 0 Å². The predicted molar refractivity (Wildman–Crippen MR) is 54.9 cm³/mol. The fraction of sp³-hybridized carbons (Fsp3) is 0.778. The minimum atomic E-state index is -0.0590. The van der Waals surface area contributed by atoms with Crippen molar-refractivity contribution >= 4 is 11.8 Å². The minimum absolute atomic E-state index is 0.0507. The van der Waals surface area contributed by atoms with Crippen molar-refractivity contribution in [1.82, 2.24) is 15.1 Å². The van der Waals surface area contributed by atoms with Crippen molar-refractivity contribution in [2.75, 3.05) is 40.8 Å². The first-order chi connectivity index (χ1) is 6.52. The van der Waals surface area contributed by atoms with Crippen molar-refractivity contribution in [3.05, 3.63) is 0 Å². The molecular formula is C9H19N3O2. The first kappa shape index (κ1) is 12.9. The van der Waals surface area contributed by atoms with Gasteiger partial charge in [0.2, 0.25) is 11.8 Å². The van der Waals surface area contributed by atoms with Crippen LogP contribution < -0.4 is 5.32 Å². The monoisotopic (exact) mass is 201 g/mol. The number of rotatable bonds is 5. The fourth-order valence-electron chi connectivity index (χ4n) is 0.944. The van der Waals surface area contributed by atoms with Crippen LogP contribution in [0, 0.1) is 0 Å². The largest absolute Gasteiger partial charge is 0.347 e. The van der Waals surface area contributed by atoms with Crippen molar-refractivity contribution < 1.29 is 9.59 Å². The Morgan fingerprint density at radius 2 is 1.79 bits per heavy atom. The third-order valence-corrected chi connectivity index (χ3v) is 1.89. The van der Waals surface area contributed by atoms with Crippen molar-refractivity contribution in [3.8, 4) is 0 Å². The van der Waals surface area contributed by atoms with E-state index in [0.29, 0.717) is 6.54 Å². The molecule has 0 saturated carbocycles. The van der Waals surface area contributed by atoms with Gasteiger partial charge in [0.25, 0.3) is 0 Å². The topological polar surface area (TPSA) is 52.7 Å². The van der Waals surface area contributed by atoms with Crippen LogP contribution >= 0.6 is 0 Å². The molecule has 0 fully saturated rings. The molecule has 0 aliphatic carbocycles. The molecule has 5 heteroatoms. The molecule has 0 bridgehead atoms. The Labute approximate surface area is 85.1 Å². The fourth-order valence-corrected chi connectivity index (χ4v) is 0.944. The maximum absolute atomic E-state index is 11.4. The average Bonchev–Trinajstić information content (AvgIpc) is 2.13. The third-order valence-electron chi connectivity index (χ3n) is 1.89. The van der Waals surface area contributed by atoms with E-state index in [2.05, 4.69) is 5.32 Å². The van der Waals surface area contributed by atoms with E-state index in [1.807, 2.05) is 6.92 Å². The maximum Gasteiger partial charge on any atom is 0.241 e.